The van der Waals surface area contributed by atoms with Crippen molar-refractivity contribution in [1.29, 1.82) is 0 Å². The van der Waals surface area contributed by atoms with Crippen LogP contribution >= 0.6 is 11.8 Å². The monoisotopic (exact) mass is 503 g/mol. The van der Waals surface area contributed by atoms with Gasteiger partial charge in [0.15, 0.2) is 16.7 Å². The summed E-state index contributed by atoms with van der Waals surface area (Å²) >= 11 is 1.27. The van der Waals surface area contributed by atoms with E-state index in [1.807, 2.05) is 31.2 Å². The van der Waals surface area contributed by atoms with Crippen molar-refractivity contribution in [3.05, 3.63) is 88.2 Å². The molecule has 0 radical (unpaired) electrons. The topological polar surface area (TPSA) is 87.6 Å². The van der Waals surface area contributed by atoms with Gasteiger partial charge in [-0.05, 0) is 77.2 Å². The number of aromatic hydroxyl groups is 1. The Morgan fingerprint density at radius 1 is 1.11 bits per heavy atom. The summed E-state index contributed by atoms with van der Waals surface area (Å²) in [5.74, 6) is 0.929. The van der Waals surface area contributed by atoms with Crippen molar-refractivity contribution in [3.8, 4) is 11.5 Å². The summed E-state index contributed by atoms with van der Waals surface area (Å²) in [4.78, 5) is 15.4. The lowest BCUT2D eigenvalue weighted by atomic mass is 9.87. The third-order valence-corrected chi connectivity index (χ3v) is 6.49. The van der Waals surface area contributed by atoms with E-state index in [1.165, 1.54) is 17.3 Å². The van der Waals surface area contributed by atoms with E-state index in [2.05, 4.69) is 43.1 Å². The molecule has 7 nitrogen and oxygen atoms in total. The van der Waals surface area contributed by atoms with Crippen molar-refractivity contribution in [2.45, 2.75) is 39.7 Å². The van der Waals surface area contributed by atoms with Crippen LogP contribution in [0, 0.1) is 0 Å². The van der Waals surface area contributed by atoms with Crippen LogP contribution in [0.25, 0.3) is 6.08 Å². The minimum atomic E-state index is -0.159. The van der Waals surface area contributed by atoms with Crippen LogP contribution in [0.4, 0.5) is 0 Å². The lowest BCUT2D eigenvalue weighted by Crippen LogP contribution is -2.28. The van der Waals surface area contributed by atoms with E-state index in [0.717, 1.165) is 5.56 Å². The van der Waals surface area contributed by atoms with Gasteiger partial charge in [0, 0.05) is 0 Å². The van der Waals surface area contributed by atoms with Gasteiger partial charge in [0.25, 0.3) is 5.91 Å². The summed E-state index contributed by atoms with van der Waals surface area (Å²) < 4.78 is 10.9. The second-order valence-electron chi connectivity index (χ2n) is 9.24. The van der Waals surface area contributed by atoms with Gasteiger partial charge in [-0.15, -0.1) is 5.10 Å². The third kappa shape index (κ3) is 6.07. The van der Waals surface area contributed by atoms with Crippen molar-refractivity contribution in [2.24, 2.45) is 10.2 Å². The summed E-state index contributed by atoms with van der Waals surface area (Å²) in [6, 6.07) is 16.8. The number of benzene rings is 2. The molecule has 0 saturated carbocycles. The van der Waals surface area contributed by atoms with Crippen LogP contribution in [0.1, 0.15) is 50.1 Å². The smallest absolute Gasteiger partial charge is 0.267 e. The Hall–Kier alpha value is -3.78. The standard InChI is InChI=1S/C28H29N3O4S/c1-5-34-24-15-20(10-13-23(24)32)17-29-30-27-31(18-22-7-6-14-35-22)26(33)25(36-27)16-19-8-11-21(12-9-19)28(2,3)4/h6-17,32H,5,18H2,1-4H3/b25-16-,29-17+,30-27-. The molecule has 1 aromatic heterocycles. The Morgan fingerprint density at radius 3 is 2.53 bits per heavy atom. The maximum atomic E-state index is 13.3. The molecule has 0 aliphatic carbocycles. The van der Waals surface area contributed by atoms with Crippen LogP contribution in [-0.4, -0.2) is 33.9 Å². The lowest BCUT2D eigenvalue weighted by molar-refractivity contribution is -0.122. The summed E-state index contributed by atoms with van der Waals surface area (Å²) in [5, 5.41) is 18.9. The number of amidine groups is 1. The Labute approximate surface area is 215 Å². The molecule has 2 heterocycles. The third-order valence-electron chi connectivity index (χ3n) is 5.49. The number of phenolic OH excluding ortho intramolecular Hbond substituents is 1. The highest BCUT2D eigenvalue weighted by atomic mass is 32.2. The molecule has 36 heavy (non-hydrogen) atoms. The van der Waals surface area contributed by atoms with Gasteiger partial charge in [0.1, 0.15) is 5.76 Å². The van der Waals surface area contributed by atoms with Crippen LogP contribution in [0.5, 0.6) is 11.5 Å². The zero-order chi connectivity index (χ0) is 25.7. The Bertz CT molecular complexity index is 1300. The number of thioether (sulfide) groups is 1. The highest BCUT2D eigenvalue weighted by Crippen LogP contribution is 2.34. The quantitative estimate of drug-likeness (QED) is 0.236. The van der Waals surface area contributed by atoms with Crippen LogP contribution in [0.2, 0.25) is 0 Å². The molecule has 4 rings (SSSR count). The first kappa shape index (κ1) is 25.3. The number of furan rings is 1. The van der Waals surface area contributed by atoms with E-state index in [9.17, 15) is 9.90 Å². The average molecular weight is 504 g/mol. The number of hydrogen-bond acceptors (Lipinski definition) is 7. The molecule has 1 saturated heterocycles. The van der Waals surface area contributed by atoms with Crippen LogP contribution in [0.3, 0.4) is 0 Å². The summed E-state index contributed by atoms with van der Waals surface area (Å²) in [6.45, 7) is 9.04. The predicted octanol–water partition coefficient (Wildman–Crippen LogP) is 6.19. The zero-order valence-electron chi connectivity index (χ0n) is 20.8. The fourth-order valence-corrected chi connectivity index (χ4v) is 4.47. The second kappa shape index (κ2) is 10.9. The van der Waals surface area contributed by atoms with Gasteiger partial charge in [-0.25, -0.2) is 0 Å². The van der Waals surface area contributed by atoms with Gasteiger partial charge in [0.2, 0.25) is 0 Å². The number of nitrogens with zero attached hydrogens (tertiary/aromatic N) is 3. The molecule has 1 aliphatic rings. The highest BCUT2D eigenvalue weighted by Gasteiger charge is 2.34. The molecule has 0 bridgehead atoms. The van der Waals surface area contributed by atoms with Crippen LogP contribution in [0.15, 0.2) is 80.4 Å². The van der Waals surface area contributed by atoms with Gasteiger partial charge in [-0.1, -0.05) is 45.0 Å². The maximum Gasteiger partial charge on any atom is 0.267 e. The van der Waals surface area contributed by atoms with Crippen molar-refractivity contribution in [2.75, 3.05) is 6.61 Å². The molecule has 1 N–H and O–H groups in total. The van der Waals surface area contributed by atoms with Gasteiger partial charge in [-0.2, -0.15) is 5.10 Å². The normalized spacial score (nSPS) is 16.6. The van der Waals surface area contributed by atoms with Crippen molar-refractivity contribution in [1.82, 2.24) is 4.90 Å². The molecule has 0 atom stereocenters. The zero-order valence-corrected chi connectivity index (χ0v) is 21.6. The Balaban J connectivity index is 1.59. The van der Waals surface area contributed by atoms with Gasteiger partial charge < -0.3 is 14.3 Å². The fraction of sp³-hybridized carbons (Fsp3) is 0.250. The van der Waals surface area contributed by atoms with Crippen molar-refractivity contribution >= 4 is 35.1 Å². The second-order valence-corrected chi connectivity index (χ2v) is 10.2. The van der Waals surface area contributed by atoms with Crippen LogP contribution in [-0.2, 0) is 16.8 Å². The molecule has 2 aromatic carbocycles. The summed E-state index contributed by atoms with van der Waals surface area (Å²) in [7, 11) is 0. The van der Waals surface area contributed by atoms with Crippen molar-refractivity contribution in [3.63, 3.8) is 0 Å². The largest absolute Gasteiger partial charge is 0.504 e. The molecule has 186 valence electrons. The maximum absolute atomic E-state index is 13.3. The molecule has 1 fully saturated rings. The molecule has 8 heteroatoms. The molecule has 1 aliphatic heterocycles. The summed E-state index contributed by atoms with van der Waals surface area (Å²) in [5.41, 5.74) is 2.94. The first-order valence-corrected chi connectivity index (χ1v) is 12.5. The molecule has 0 unspecified atom stereocenters. The summed E-state index contributed by atoms with van der Waals surface area (Å²) in [6.07, 6.45) is 5.00. The van der Waals surface area contributed by atoms with E-state index in [0.29, 0.717) is 33.8 Å². The minimum absolute atomic E-state index is 0.0577. The molecular weight excluding hydrogens is 474 g/mol. The van der Waals surface area contributed by atoms with Gasteiger partial charge in [-0.3, -0.25) is 9.69 Å². The van der Waals surface area contributed by atoms with E-state index in [4.69, 9.17) is 9.15 Å². The number of amides is 1. The Kier molecular flexibility index (Phi) is 7.64. The minimum Gasteiger partial charge on any atom is -0.504 e. The first-order chi connectivity index (χ1) is 17.2. The number of hydrogen-bond donors (Lipinski definition) is 1. The van der Waals surface area contributed by atoms with E-state index in [1.54, 1.807) is 41.6 Å². The average Bonchev–Trinajstić information content (AvgIpc) is 3.45. The highest BCUT2D eigenvalue weighted by molar-refractivity contribution is 8.18. The number of ether oxygens (including phenoxy) is 1. The molecular formula is C28H29N3O4S. The van der Waals surface area contributed by atoms with Crippen LogP contribution < -0.4 is 4.74 Å². The lowest BCUT2D eigenvalue weighted by Gasteiger charge is -2.18. The van der Waals surface area contributed by atoms with E-state index in [-0.39, 0.29) is 23.6 Å². The number of phenols is 1. The van der Waals surface area contributed by atoms with E-state index >= 15 is 0 Å². The van der Waals surface area contributed by atoms with Gasteiger partial charge in [0.05, 0.1) is 30.5 Å². The van der Waals surface area contributed by atoms with Crippen molar-refractivity contribution < 1.29 is 19.1 Å². The van der Waals surface area contributed by atoms with Gasteiger partial charge >= 0.3 is 0 Å². The molecule has 1 amide bonds. The fourth-order valence-electron chi connectivity index (χ4n) is 3.54. The number of carbonyl (C=O) groups is 1. The number of rotatable bonds is 7. The molecule has 0 spiro atoms. The Morgan fingerprint density at radius 2 is 1.86 bits per heavy atom. The number of carbonyl (C=O) groups excluding carboxylic acids is 1. The first-order valence-electron chi connectivity index (χ1n) is 11.7. The SMILES string of the molecule is CCOc1cc(/C=N/N=C2\S/C(=C\c3ccc(C(C)(C)C)cc3)C(=O)N2Cc2ccco2)ccc1O. The predicted molar refractivity (Wildman–Crippen MR) is 144 cm³/mol. The van der Waals surface area contributed by atoms with E-state index < -0.39 is 0 Å². The molecule has 3 aromatic rings.